The van der Waals surface area contributed by atoms with Crippen LogP contribution in [0.25, 0.3) is 16.8 Å². The van der Waals surface area contributed by atoms with Crippen LogP contribution < -0.4 is 4.74 Å². The second-order valence-electron chi connectivity index (χ2n) is 7.47. The van der Waals surface area contributed by atoms with E-state index in [1.54, 1.807) is 30.4 Å². The Morgan fingerprint density at radius 2 is 1.85 bits per heavy atom. The van der Waals surface area contributed by atoms with Gasteiger partial charge in [-0.05, 0) is 24.3 Å². The second kappa shape index (κ2) is 8.43. The summed E-state index contributed by atoms with van der Waals surface area (Å²) in [6.45, 7) is -3.18. The molecule has 3 heterocycles. The first-order valence-electron chi connectivity index (χ1n) is 9.87. The normalized spacial score (nSPS) is 20.5. The number of benzene rings is 1. The number of hydrogen-bond donors (Lipinski definition) is 0. The minimum absolute atomic E-state index is 0.0346. The molecule has 2 aromatic heterocycles. The van der Waals surface area contributed by atoms with Crippen LogP contribution in [0, 0.1) is 10.1 Å². The zero-order valence-electron chi connectivity index (χ0n) is 17.0. The van der Waals surface area contributed by atoms with Crippen molar-refractivity contribution in [1.29, 1.82) is 0 Å². The van der Waals surface area contributed by atoms with Crippen LogP contribution in [0.15, 0.2) is 67.2 Å². The second-order valence-corrected chi connectivity index (χ2v) is 8.28. The van der Waals surface area contributed by atoms with E-state index in [4.69, 9.17) is 32.7 Å². The van der Waals surface area contributed by atoms with Crippen molar-refractivity contribution in [2.24, 2.45) is 0 Å². The fraction of sp³-hybridized carbons (Fsp3) is 0.130. The van der Waals surface area contributed by atoms with Crippen LogP contribution in [0.5, 0.6) is 5.75 Å². The topological polar surface area (TPSA) is 87.4 Å². The van der Waals surface area contributed by atoms with E-state index in [-0.39, 0.29) is 21.3 Å². The quantitative estimate of drug-likeness (QED) is 0.304. The lowest BCUT2D eigenvalue weighted by atomic mass is 9.79. The number of alkyl halides is 2. The van der Waals surface area contributed by atoms with Crippen molar-refractivity contribution in [3.05, 3.63) is 98.4 Å². The molecule has 7 nitrogen and oxygen atoms in total. The molecule has 0 N–H and O–H groups in total. The highest BCUT2D eigenvalue weighted by Gasteiger charge is 2.53. The molecular weight excluding hydrogens is 491 g/mol. The number of aromatic nitrogens is 2. The van der Waals surface area contributed by atoms with Gasteiger partial charge in [-0.3, -0.25) is 20.1 Å². The summed E-state index contributed by atoms with van der Waals surface area (Å²) < 4.78 is 38.8. The molecule has 172 valence electrons. The SMILES string of the molecule is O=[N+]([O-])c1ccc(-c2nccc3c2C2=CC=CC(OC(F)F)(c4c(Cl)cncc4Cl)C2O3)cc1. The zero-order valence-corrected chi connectivity index (χ0v) is 18.5. The monoisotopic (exact) mass is 503 g/mol. The van der Waals surface area contributed by atoms with Gasteiger partial charge in [-0.15, -0.1) is 0 Å². The lowest BCUT2D eigenvalue weighted by Crippen LogP contribution is -2.45. The smallest absolute Gasteiger partial charge is 0.346 e. The maximum absolute atomic E-state index is 13.7. The minimum atomic E-state index is -3.18. The number of ether oxygens (including phenoxy) is 2. The molecule has 2 unspecified atom stereocenters. The van der Waals surface area contributed by atoms with Gasteiger partial charge >= 0.3 is 6.61 Å². The van der Waals surface area contributed by atoms with E-state index >= 15 is 0 Å². The highest BCUT2D eigenvalue weighted by atomic mass is 35.5. The van der Waals surface area contributed by atoms with Gasteiger partial charge in [0.1, 0.15) is 5.75 Å². The molecule has 0 saturated carbocycles. The lowest BCUT2D eigenvalue weighted by molar-refractivity contribution is -0.384. The number of hydrogen-bond acceptors (Lipinski definition) is 6. The van der Waals surface area contributed by atoms with Gasteiger partial charge in [0.15, 0.2) is 11.7 Å². The van der Waals surface area contributed by atoms with Gasteiger partial charge in [0.05, 0.1) is 20.7 Å². The first kappa shape index (κ1) is 22.4. The Morgan fingerprint density at radius 1 is 1.15 bits per heavy atom. The number of halogens is 4. The van der Waals surface area contributed by atoms with Crippen molar-refractivity contribution in [1.82, 2.24) is 9.97 Å². The molecule has 0 amide bonds. The summed E-state index contributed by atoms with van der Waals surface area (Å²) in [6.07, 6.45) is 7.71. The Hall–Kier alpha value is -3.40. The Bertz CT molecular complexity index is 1340. The molecule has 1 aliphatic carbocycles. The molecule has 0 bridgehead atoms. The largest absolute Gasteiger partial charge is 0.481 e. The minimum Gasteiger partial charge on any atom is -0.481 e. The number of nitro benzene ring substituents is 1. The average Bonchev–Trinajstić information content (AvgIpc) is 3.19. The van der Waals surface area contributed by atoms with Gasteiger partial charge in [0, 0.05) is 53.0 Å². The molecule has 34 heavy (non-hydrogen) atoms. The van der Waals surface area contributed by atoms with Crippen LogP contribution in [0.4, 0.5) is 14.5 Å². The van der Waals surface area contributed by atoms with E-state index in [0.717, 1.165) is 0 Å². The predicted octanol–water partition coefficient (Wildman–Crippen LogP) is 6.21. The fourth-order valence-electron chi connectivity index (χ4n) is 4.28. The van der Waals surface area contributed by atoms with E-state index in [0.29, 0.717) is 28.1 Å². The predicted molar refractivity (Wildman–Crippen MR) is 121 cm³/mol. The number of fused-ring (bicyclic) bond motifs is 3. The molecule has 1 aromatic carbocycles. The summed E-state index contributed by atoms with van der Waals surface area (Å²) in [4.78, 5) is 18.9. The Kier molecular flexibility index (Phi) is 5.55. The third-order valence-corrected chi connectivity index (χ3v) is 6.19. The summed E-state index contributed by atoms with van der Waals surface area (Å²) in [5, 5.41) is 11.1. The summed E-state index contributed by atoms with van der Waals surface area (Å²) >= 11 is 12.7. The van der Waals surface area contributed by atoms with Crippen LogP contribution in [-0.2, 0) is 10.3 Å². The Labute approximate surface area is 201 Å². The van der Waals surface area contributed by atoms with Crippen molar-refractivity contribution in [3.63, 3.8) is 0 Å². The molecule has 11 heteroatoms. The van der Waals surface area contributed by atoms with Gasteiger partial charge in [-0.25, -0.2) is 0 Å². The highest BCUT2D eigenvalue weighted by Crippen LogP contribution is 2.54. The summed E-state index contributed by atoms with van der Waals surface area (Å²) in [7, 11) is 0. The van der Waals surface area contributed by atoms with Gasteiger partial charge in [0.25, 0.3) is 5.69 Å². The number of non-ortho nitro benzene ring substituents is 1. The van der Waals surface area contributed by atoms with Crippen molar-refractivity contribution < 1.29 is 23.2 Å². The molecular formula is C23H13Cl2F2N3O4. The fourth-order valence-corrected chi connectivity index (χ4v) is 4.94. The molecule has 0 saturated heterocycles. The van der Waals surface area contributed by atoms with Gasteiger partial charge in [-0.2, -0.15) is 8.78 Å². The molecule has 0 radical (unpaired) electrons. The van der Waals surface area contributed by atoms with Crippen LogP contribution in [0.3, 0.4) is 0 Å². The number of nitro groups is 1. The number of pyridine rings is 2. The van der Waals surface area contributed by atoms with E-state index in [2.05, 4.69) is 9.97 Å². The van der Waals surface area contributed by atoms with Crippen molar-refractivity contribution in [3.8, 4) is 17.0 Å². The third-order valence-electron chi connectivity index (χ3n) is 5.62. The molecule has 2 aliphatic rings. The van der Waals surface area contributed by atoms with Gasteiger partial charge in [0.2, 0.25) is 0 Å². The molecule has 0 fully saturated rings. The average molecular weight is 504 g/mol. The van der Waals surface area contributed by atoms with E-state index in [1.165, 1.54) is 36.8 Å². The van der Waals surface area contributed by atoms with E-state index in [9.17, 15) is 18.9 Å². The lowest BCUT2D eigenvalue weighted by Gasteiger charge is -2.38. The van der Waals surface area contributed by atoms with Gasteiger partial charge < -0.3 is 9.47 Å². The third kappa shape index (κ3) is 3.53. The molecule has 0 spiro atoms. The van der Waals surface area contributed by atoms with Crippen LogP contribution >= 0.6 is 23.2 Å². The Balaban J connectivity index is 1.67. The van der Waals surface area contributed by atoms with E-state index in [1.807, 2.05) is 0 Å². The van der Waals surface area contributed by atoms with Crippen molar-refractivity contribution in [2.75, 3.05) is 0 Å². The first-order valence-corrected chi connectivity index (χ1v) is 10.6. The highest BCUT2D eigenvalue weighted by molar-refractivity contribution is 6.36. The molecule has 1 aliphatic heterocycles. The zero-order chi connectivity index (χ0) is 24.0. The standard InChI is InChI=1S/C23H13Cl2F2N3O4/c24-15-10-28-11-16(25)19(15)23(34-22(26)27)8-1-2-14-18-17(33-21(14)23)7-9-29-20(18)12-3-5-13(6-4-12)30(31)32/h1-11,21-22H. The van der Waals surface area contributed by atoms with Crippen LogP contribution in [0.1, 0.15) is 11.1 Å². The van der Waals surface area contributed by atoms with Crippen LogP contribution in [0.2, 0.25) is 10.0 Å². The first-order chi connectivity index (χ1) is 16.3. The summed E-state index contributed by atoms with van der Waals surface area (Å²) in [6, 6.07) is 7.45. The van der Waals surface area contributed by atoms with E-state index < -0.39 is 23.2 Å². The molecule has 5 rings (SSSR count). The van der Waals surface area contributed by atoms with Crippen molar-refractivity contribution >= 4 is 34.5 Å². The van der Waals surface area contributed by atoms with Crippen LogP contribution in [-0.4, -0.2) is 27.6 Å². The maximum atomic E-state index is 13.7. The summed E-state index contributed by atoms with van der Waals surface area (Å²) in [5.74, 6) is 0.381. The Morgan fingerprint density at radius 3 is 2.50 bits per heavy atom. The summed E-state index contributed by atoms with van der Waals surface area (Å²) in [5.41, 5.74) is 0.281. The number of allylic oxidation sites excluding steroid dienone is 2. The molecule has 3 aromatic rings. The number of nitrogens with zero attached hydrogens (tertiary/aromatic N) is 3. The maximum Gasteiger partial charge on any atom is 0.346 e. The van der Waals surface area contributed by atoms with Gasteiger partial charge in [-0.1, -0.05) is 35.4 Å². The molecule has 2 atom stereocenters. The number of rotatable bonds is 5. The van der Waals surface area contributed by atoms with Crippen molar-refractivity contribution in [2.45, 2.75) is 18.3 Å².